The fraction of sp³-hybridized carbons (Fsp3) is 0.118. The van der Waals surface area contributed by atoms with E-state index in [2.05, 4.69) is 10.1 Å². The Morgan fingerprint density at radius 1 is 1.08 bits per heavy atom. The summed E-state index contributed by atoms with van der Waals surface area (Å²) >= 11 is 1.11. The molecule has 0 saturated heterocycles. The number of aromatic carboxylic acids is 1. The van der Waals surface area contributed by atoms with Gasteiger partial charge in [0.1, 0.15) is 0 Å². The molecule has 2 aromatic rings. The zero-order valence-corrected chi connectivity index (χ0v) is 13.6. The van der Waals surface area contributed by atoms with Crippen LogP contribution in [0.3, 0.4) is 0 Å². The van der Waals surface area contributed by atoms with Gasteiger partial charge in [-0.1, -0.05) is 18.2 Å². The summed E-state index contributed by atoms with van der Waals surface area (Å²) in [7, 11) is 1.29. The lowest BCUT2D eigenvalue weighted by Gasteiger charge is -2.10. The zero-order valence-electron chi connectivity index (χ0n) is 12.8. The highest BCUT2D eigenvalue weighted by molar-refractivity contribution is 8.00. The van der Waals surface area contributed by atoms with E-state index in [-0.39, 0.29) is 17.2 Å². The van der Waals surface area contributed by atoms with Gasteiger partial charge in [-0.2, -0.15) is 0 Å². The number of hydrogen-bond acceptors (Lipinski definition) is 6. The number of hydrogen-bond donors (Lipinski definition) is 1. The number of carbonyl (C=O) groups excluding carboxylic acids is 3. The van der Waals surface area contributed by atoms with Gasteiger partial charge in [-0.05, 0) is 30.3 Å². The number of benzene rings is 2. The maximum Gasteiger partial charge on any atom is 0.337 e. The van der Waals surface area contributed by atoms with E-state index < -0.39 is 11.9 Å². The summed E-state index contributed by atoms with van der Waals surface area (Å²) in [5.74, 6) is -1.98. The normalized spacial score (nSPS) is 10.0. The second-order valence-corrected chi connectivity index (χ2v) is 5.71. The largest absolute Gasteiger partial charge is 0.545 e. The van der Waals surface area contributed by atoms with Crippen LogP contribution in [0.15, 0.2) is 53.4 Å². The van der Waals surface area contributed by atoms with Crippen molar-refractivity contribution in [1.29, 1.82) is 0 Å². The fourth-order valence-corrected chi connectivity index (χ4v) is 2.75. The lowest BCUT2D eigenvalue weighted by Crippen LogP contribution is -2.23. The predicted octanol–water partition coefficient (Wildman–Crippen LogP) is 1.57. The van der Waals surface area contributed by atoms with Gasteiger partial charge in [-0.3, -0.25) is 4.79 Å². The Hall–Kier alpha value is -2.80. The molecule has 0 atom stereocenters. The molecule has 1 N–H and O–H groups in total. The van der Waals surface area contributed by atoms with Crippen LogP contribution < -0.4 is 10.4 Å². The minimum Gasteiger partial charge on any atom is -0.545 e. The number of carboxylic acids is 1. The molecule has 2 rings (SSSR count). The first kappa shape index (κ1) is 17.6. The van der Waals surface area contributed by atoms with E-state index in [0.29, 0.717) is 16.1 Å². The Labute approximate surface area is 142 Å². The van der Waals surface area contributed by atoms with E-state index in [1.807, 2.05) is 0 Å². The molecule has 0 fully saturated rings. The Bertz CT molecular complexity index is 758. The number of esters is 1. The van der Waals surface area contributed by atoms with Gasteiger partial charge in [0.15, 0.2) is 0 Å². The Balaban J connectivity index is 1.94. The van der Waals surface area contributed by atoms with Gasteiger partial charge in [0.05, 0.1) is 24.4 Å². The Morgan fingerprint density at radius 2 is 1.75 bits per heavy atom. The van der Waals surface area contributed by atoms with Crippen molar-refractivity contribution in [1.82, 2.24) is 0 Å². The lowest BCUT2D eigenvalue weighted by atomic mass is 10.2. The van der Waals surface area contributed by atoms with E-state index in [0.717, 1.165) is 11.8 Å². The van der Waals surface area contributed by atoms with Crippen molar-refractivity contribution in [3.05, 3.63) is 59.7 Å². The molecule has 24 heavy (non-hydrogen) atoms. The Morgan fingerprint density at radius 3 is 2.38 bits per heavy atom. The summed E-state index contributed by atoms with van der Waals surface area (Å²) in [6, 6.07) is 12.6. The van der Waals surface area contributed by atoms with Crippen molar-refractivity contribution in [2.45, 2.75) is 4.90 Å². The van der Waals surface area contributed by atoms with Gasteiger partial charge in [-0.25, -0.2) is 4.79 Å². The highest BCUT2D eigenvalue weighted by atomic mass is 32.2. The third-order valence-electron chi connectivity index (χ3n) is 3.06. The third-order valence-corrected chi connectivity index (χ3v) is 4.13. The molecule has 0 spiro atoms. The van der Waals surface area contributed by atoms with E-state index in [4.69, 9.17) is 0 Å². The Kier molecular flexibility index (Phi) is 5.97. The van der Waals surface area contributed by atoms with E-state index >= 15 is 0 Å². The predicted molar refractivity (Wildman–Crippen MR) is 87.9 cm³/mol. The quantitative estimate of drug-likeness (QED) is 0.631. The van der Waals surface area contributed by atoms with Crippen LogP contribution in [-0.2, 0) is 9.53 Å². The van der Waals surface area contributed by atoms with Crippen LogP contribution in [0.2, 0.25) is 0 Å². The number of anilines is 1. The van der Waals surface area contributed by atoms with Gasteiger partial charge in [0, 0.05) is 16.1 Å². The monoisotopic (exact) mass is 344 g/mol. The van der Waals surface area contributed by atoms with Crippen molar-refractivity contribution < 1.29 is 24.2 Å². The molecule has 1 amide bonds. The zero-order chi connectivity index (χ0) is 17.5. The van der Waals surface area contributed by atoms with Crippen LogP contribution in [0.1, 0.15) is 20.7 Å². The molecule has 0 aromatic heterocycles. The second kappa shape index (κ2) is 8.16. The number of thioether (sulfide) groups is 1. The molecule has 0 aliphatic carbocycles. The summed E-state index contributed by atoms with van der Waals surface area (Å²) in [4.78, 5) is 34.8. The topological polar surface area (TPSA) is 95.5 Å². The first-order chi connectivity index (χ1) is 11.5. The molecule has 0 heterocycles. The SMILES string of the molecule is COC(=O)c1ccc(NC(=O)CSc2ccccc2C(=O)[O-])cc1. The maximum atomic E-state index is 12.0. The number of amides is 1. The molecular weight excluding hydrogens is 330 g/mol. The number of nitrogens with one attached hydrogen (secondary N) is 1. The van der Waals surface area contributed by atoms with Crippen LogP contribution in [0, 0.1) is 0 Å². The van der Waals surface area contributed by atoms with Crippen LogP contribution >= 0.6 is 11.8 Å². The van der Waals surface area contributed by atoms with Gasteiger partial charge in [0.2, 0.25) is 5.91 Å². The van der Waals surface area contributed by atoms with E-state index in [9.17, 15) is 19.5 Å². The lowest BCUT2D eigenvalue weighted by molar-refractivity contribution is -0.255. The van der Waals surface area contributed by atoms with Crippen molar-refractivity contribution in [2.24, 2.45) is 0 Å². The number of methoxy groups -OCH3 is 1. The molecule has 124 valence electrons. The molecule has 0 aliphatic rings. The summed E-state index contributed by atoms with van der Waals surface area (Å²) in [6.07, 6.45) is 0. The number of carboxylic acid groups (broad SMARTS) is 1. The van der Waals surface area contributed by atoms with Crippen LogP contribution in [0.4, 0.5) is 5.69 Å². The maximum absolute atomic E-state index is 12.0. The first-order valence-electron chi connectivity index (χ1n) is 6.92. The average molecular weight is 344 g/mol. The van der Waals surface area contributed by atoms with Crippen molar-refractivity contribution in [3.8, 4) is 0 Å². The minimum atomic E-state index is -1.28. The highest BCUT2D eigenvalue weighted by Gasteiger charge is 2.09. The molecule has 0 unspecified atom stereocenters. The number of carbonyl (C=O) groups is 3. The second-order valence-electron chi connectivity index (χ2n) is 4.69. The molecule has 0 radical (unpaired) electrons. The van der Waals surface area contributed by atoms with Gasteiger partial charge < -0.3 is 20.0 Å². The summed E-state index contributed by atoms with van der Waals surface area (Å²) in [6.45, 7) is 0. The standard InChI is InChI=1S/C17H15NO5S/c1-23-17(22)11-6-8-12(9-7-11)18-15(19)10-24-14-5-3-2-4-13(14)16(20)21/h2-9H,10H2,1H3,(H,18,19)(H,20,21)/p-1. The molecule has 6 nitrogen and oxygen atoms in total. The van der Waals surface area contributed by atoms with E-state index in [1.165, 1.54) is 13.2 Å². The minimum absolute atomic E-state index is 0.0447. The van der Waals surface area contributed by atoms with Gasteiger partial charge in [-0.15, -0.1) is 11.8 Å². The number of ether oxygens (including phenoxy) is 1. The van der Waals surface area contributed by atoms with Crippen molar-refractivity contribution >= 4 is 35.3 Å². The smallest absolute Gasteiger partial charge is 0.337 e. The molecule has 2 aromatic carbocycles. The van der Waals surface area contributed by atoms with E-state index in [1.54, 1.807) is 42.5 Å². The van der Waals surface area contributed by atoms with Crippen molar-refractivity contribution in [2.75, 3.05) is 18.2 Å². The molecular formula is C17H14NO5S-. The molecule has 0 aliphatic heterocycles. The third kappa shape index (κ3) is 4.60. The van der Waals surface area contributed by atoms with Gasteiger partial charge in [0.25, 0.3) is 0 Å². The average Bonchev–Trinajstić information content (AvgIpc) is 2.60. The molecule has 7 heteroatoms. The van der Waals surface area contributed by atoms with Crippen LogP contribution in [-0.4, -0.2) is 30.7 Å². The van der Waals surface area contributed by atoms with Crippen LogP contribution in [0.5, 0.6) is 0 Å². The summed E-state index contributed by atoms with van der Waals surface area (Å²) < 4.78 is 4.59. The van der Waals surface area contributed by atoms with Crippen molar-refractivity contribution in [3.63, 3.8) is 0 Å². The summed E-state index contributed by atoms with van der Waals surface area (Å²) in [5, 5.41) is 13.7. The number of rotatable bonds is 6. The summed E-state index contributed by atoms with van der Waals surface area (Å²) in [5.41, 5.74) is 0.965. The molecule has 0 saturated carbocycles. The fourth-order valence-electron chi connectivity index (χ4n) is 1.91. The molecule has 0 bridgehead atoms. The van der Waals surface area contributed by atoms with Gasteiger partial charge >= 0.3 is 5.97 Å². The highest BCUT2D eigenvalue weighted by Crippen LogP contribution is 2.22. The van der Waals surface area contributed by atoms with Crippen LogP contribution in [0.25, 0.3) is 0 Å². The first-order valence-corrected chi connectivity index (χ1v) is 7.91.